The minimum atomic E-state index is -1.66. The van der Waals surface area contributed by atoms with Gasteiger partial charge in [-0.25, -0.2) is 0 Å². The van der Waals surface area contributed by atoms with Gasteiger partial charge >= 0.3 is 0 Å². The highest BCUT2D eigenvalue weighted by Crippen LogP contribution is 2.55. The molecule has 0 fully saturated rings. The average Bonchev–Trinajstić information content (AvgIpc) is 1.27. The molecular formula is C57H47BN4OS. The minimum absolute atomic E-state index is 0.0187. The van der Waals surface area contributed by atoms with E-state index >= 15 is 0 Å². The van der Waals surface area contributed by atoms with Crippen LogP contribution >= 0.6 is 11.3 Å². The van der Waals surface area contributed by atoms with Crippen molar-refractivity contribution < 1.29 is 31.8 Å². The largest absolute Gasteiger partial charge is 0.468 e. The van der Waals surface area contributed by atoms with Crippen LogP contribution in [0.3, 0.4) is 0 Å². The number of thiophene rings is 1. The van der Waals surface area contributed by atoms with E-state index in [1.165, 1.54) is 9.47 Å². The van der Waals surface area contributed by atoms with Gasteiger partial charge in [-0.3, -0.25) is 0 Å². The second-order valence-electron chi connectivity index (χ2n) is 19.7. The number of hydrogen-bond donors (Lipinski definition) is 0. The van der Waals surface area contributed by atoms with Crippen molar-refractivity contribution >= 4 is 122 Å². The highest BCUT2D eigenvalue weighted by atomic mass is 32.1. The Bertz CT molecular complexity index is 4960. The summed E-state index contributed by atoms with van der Waals surface area (Å²) in [5.41, 5.74) is -6.47. The Morgan fingerprint density at radius 3 is 2.02 bits per heavy atom. The molecular weight excluding hydrogens is 800 g/mol. The van der Waals surface area contributed by atoms with E-state index in [2.05, 4.69) is 0 Å². The minimum Gasteiger partial charge on any atom is -0.468 e. The predicted molar refractivity (Wildman–Crippen MR) is 272 cm³/mol. The van der Waals surface area contributed by atoms with Crippen LogP contribution in [0.2, 0.25) is 0 Å². The molecule has 0 amide bonds. The number of aromatic nitrogens is 1. The molecule has 3 aromatic heterocycles. The first kappa shape index (κ1) is 22.7. The average molecular weight is 867 g/mol. The van der Waals surface area contributed by atoms with Gasteiger partial charge in [0.05, 0.1) is 78.5 Å². The summed E-state index contributed by atoms with van der Waals surface area (Å²) < 4.78 is 203. The second-order valence-corrected chi connectivity index (χ2v) is 20.7. The summed E-state index contributed by atoms with van der Waals surface area (Å²) in [4.78, 5) is 2.53. The number of nitrogens with zero attached hydrogens (tertiary/aromatic N) is 4. The standard InChI is InChI=1S/C57H47BN4OS/c1-55(2,3)32-17-20-42-37(25-32)39-27-34(57(7,8)9)28-46-51(39)61(42)43-15-12-14-41-53(43)62(46)45-24-31(30-59)23-44-50(45)58(41)54-52(40-26-33(56(4,5)6)18-21-47(40)63-54)60(44)35-19-22-49-38(29-35)36-13-10-11-16-48(36)64-49/h10-29H,1-9H3/i10D,11D,12D,13D,14D,15D,16D,17D,18D,19D,20D,21D,22D,23D,24D,25D,26D,27D,28D,29D. The fourth-order valence-electron chi connectivity index (χ4n) is 9.30. The van der Waals surface area contributed by atoms with Crippen LogP contribution in [0.1, 0.15) is 112 Å². The molecule has 13 rings (SSSR count). The number of benzene rings is 7. The van der Waals surface area contributed by atoms with Gasteiger partial charge < -0.3 is 18.8 Å². The van der Waals surface area contributed by atoms with Gasteiger partial charge in [0, 0.05) is 53.4 Å². The zero-order valence-electron chi connectivity index (χ0n) is 56.2. The molecule has 0 atom stereocenters. The molecule has 0 bridgehead atoms. The lowest BCUT2D eigenvalue weighted by Gasteiger charge is -2.45. The third-order valence-electron chi connectivity index (χ3n) is 12.4. The molecule has 64 heavy (non-hydrogen) atoms. The lowest BCUT2D eigenvalue weighted by molar-refractivity contribution is 0.590. The Labute approximate surface area is 405 Å². The third-order valence-corrected chi connectivity index (χ3v) is 13.4. The van der Waals surface area contributed by atoms with E-state index in [4.69, 9.17) is 9.90 Å². The van der Waals surface area contributed by atoms with Gasteiger partial charge in [0.2, 0.25) is 0 Å². The molecule has 3 aliphatic rings. The molecule has 0 unspecified atom stereocenters. The van der Waals surface area contributed by atoms with Crippen molar-refractivity contribution in [2.24, 2.45) is 0 Å². The first-order chi connectivity index (χ1) is 39.0. The number of nitriles is 1. The number of anilines is 6. The van der Waals surface area contributed by atoms with E-state index in [0.717, 1.165) is 16.2 Å². The number of para-hydroxylation sites is 1. The highest BCUT2D eigenvalue weighted by Gasteiger charge is 2.49. The van der Waals surface area contributed by atoms with Gasteiger partial charge in [-0.1, -0.05) is 105 Å². The zero-order valence-corrected chi connectivity index (χ0v) is 37.0. The molecule has 0 spiro atoms. The number of hydrogen-bond acceptors (Lipinski definition) is 5. The molecule has 5 nitrogen and oxygen atoms in total. The van der Waals surface area contributed by atoms with Gasteiger partial charge in [0.25, 0.3) is 6.71 Å². The maximum atomic E-state index is 11.4. The summed E-state index contributed by atoms with van der Waals surface area (Å²) in [6, 6.07) is -8.25. The maximum absolute atomic E-state index is 11.4. The molecule has 3 aliphatic heterocycles. The van der Waals surface area contributed by atoms with Gasteiger partial charge in [-0.05, 0) is 122 Å². The monoisotopic (exact) mass is 866 g/mol. The third kappa shape index (κ3) is 4.95. The van der Waals surface area contributed by atoms with Crippen molar-refractivity contribution in [3.05, 3.63) is 143 Å². The van der Waals surface area contributed by atoms with Crippen LogP contribution < -0.4 is 26.4 Å². The SMILES string of the molecule is [2H]c1c([2H])c2c3c(c1[2H])-n1c4c([2H])c([2H])c(C(C)(C)C)c([2H])c4c4c([2H])c(C(C)(C)C)c([2H])c(c41)N3c1c([2H])c(C#N)c([2H])c3c1B2c1oc2c([2H])c([2H])c(C(C)(C)C)c([2H])c2c1N3c1c([2H])c([2H])c2sc3c([2H])c([2H])c([2H])c([2H])c3c2c1[2H]. The summed E-state index contributed by atoms with van der Waals surface area (Å²) in [5.74, 6) is 0. The molecule has 310 valence electrons. The Morgan fingerprint density at radius 2 is 1.27 bits per heavy atom. The van der Waals surface area contributed by atoms with Crippen molar-refractivity contribution in [3.63, 3.8) is 0 Å². The molecule has 6 heterocycles. The normalized spacial score (nSPS) is 18.6. The first-order valence-electron chi connectivity index (χ1n) is 30.9. The summed E-state index contributed by atoms with van der Waals surface area (Å²) in [6.07, 6.45) is 0. The number of rotatable bonds is 1. The predicted octanol–water partition coefficient (Wildman–Crippen LogP) is 14.1. The molecule has 7 heteroatoms. The van der Waals surface area contributed by atoms with E-state index in [0.29, 0.717) is 0 Å². The molecule has 0 saturated heterocycles. The number of furan rings is 1. The second kappa shape index (κ2) is 12.3. The van der Waals surface area contributed by atoms with E-state index in [1.807, 2.05) is 6.07 Å². The van der Waals surface area contributed by atoms with E-state index < -0.39 is 125 Å². The lowest BCUT2D eigenvalue weighted by Crippen LogP contribution is -2.61. The highest BCUT2D eigenvalue weighted by molar-refractivity contribution is 7.25. The Kier molecular flexibility index (Phi) is 4.36. The molecule has 0 radical (unpaired) electrons. The van der Waals surface area contributed by atoms with Gasteiger partial charge in [-0.15, -0.1) is 11.3 Å². The van der Waals surface area contributed by atoms with Crippen LogP contribution in [0, 0.1) is 11.3 Å². The lowest BCUT2D eigenvalue weighted by atomic mass is 9.35. The van der Waals surface area contributed by atoms with Crippen LogP contribution in [0.5, 0.6) is 0 Å². The number of fused-ring (bicyclic) bond motifs is 14. The molecule has 10 aromatic rings. The molecule has 0 saturated carbocycles. The molecule has 7 aromatic carbocycles. The van der Waals surface area contributed by atoms with E-state index in [9.17, 15) is 27.2 Å². The van der Waals surface area contributed by atoms with E-state index in [1.54, 1.807) is 62.3 Å². The Balaban J connectivity index is 1.34. The Hall–Kier alpha value is -6.75. The first-order valence-corrected chi connectivity index (χ1v) is 21.7. The van der Waals surface area contributed by atoms with E-state index in [-0.39, 0.29) is 151 Å². The van der Waals surface area contributed by atoms with Crippen molar-refractivity contribution in [1.82, 2.24) is 4.57 Å². The Morgan fingerprint density at radius 1 is 0.578 bits per heavy atom. The van der Waals surface area contributed by atoms with Crippen molar-refractivity contribution in [3.8, 4) is 11.8 Å². The quantitative estimate of drug-likeness (QED) is 0.154. The van der Waals surface area contributed by atoms with Gasteiger partial charge in [0.1, 0.15) is 5.58 Å². The van der Waals surface area contributed by atoms with Crippen molar-refractivity contribution in [2.45, 2.75) is 78.6 Å². The van der Waals surface area contributed by atoms with Crippen LogP contribution in [0.15, 0.2) is 125 Å². The van der Waals surface area contributed by atoms with Crippen LogP contribution in [-0.4, -0.2) is 11.3 Å². The van der Waals surface area contributed by atoms with Crippen LogP contribution in [0.25, 0.3) is 58.6 Å². The fraction of sp³-hybridized carbons (Fsp3) is 0.211. The molecule has 0 N–H and O–H groups in total. The van der Waals surface area contributed by atoms with Crippen LogP contribution in [0.4, 0.5) is 34.1 Å². The zero-order chi connectivity index (χ0) is 61.3. The molecule has 0 aliphatic carbocycles. The summed E-state index contributed by atoms with van der Waals surface area (Å²) in [6.45, 7) is 14.2. The van der Waals surface area contributed by atoms with Crippen LogP contribution in [-0.2, 0) is 16.2 Å². The van der Waals surface area contributed by atoms with Gasteiger partial charge in [0.15, 0.2) is 0 Å². The smallest absolute Gasteiger partial charge is 0.297 e. The fourth-order valence-corrected chi connectivity index (χ4v) is 10.2. The van der Waals surface area contributed by atoms with Crippen molar-refractivity contribution in [1.29, 1.82) is 5.26 Å². The van der Waals surface area contributed by atoms with Gasteiger partial charge in [-0.2, -0.15) is 5.26 Å². The topological polar surface area (TPSA) is 48.3 Å². The summed E-state index contributed by atoms with van der Waals surface area (Å²) in [7, 11) is 0. The summed E-state index contributed by atoms with van der Waals surface area (Å²) >= 11 is 0.775. The van der Waals surface area contributed by atoms with Crippen molar-refractivity contribution in [2.75, 3.05) is 9.80 Å². The summed E-state index contributed by atoms with van der Waals surface area (Å²) in [5, 5.41) is 10.9. The maximum Gasteiger partial charge on any atom is 0.297 e.